The quantitative estimate of drug-likeness (QED) is 0.621. The van der Waals surface area contributed by atoms with Gasteiger partial charge in [-0.2, -0.15) is 0 Å². The highest BCUT2D eigenvalue weighted by Gasteiger charge is 2.28. The first-order chi connectivity index (χ1) is 10.8. The van der Waals surface area contributed by atoms with E-state index in [-0.39, 0.29) is 24.2 Å². The molecule has 2 atom stereocenters. The molecule has 4 N–H and O–H groups in total. The van der Waals surface area contributed by atoms with Gasteiger partial charge in [-0.25, -0.2) is 0 Å². The summed E-state index contributed by atoms with van der Waals surface area (Å²) < 4.78 is 0. The van der Waals surface area contributed by atoms with Crippen LogP contribution in [0.25, 0.3) is 0 Å². The molecule has 1 fully saturated rings. The van der Waals surface area contributed by atoms with E-state index in [1.54, 1.807) is 6.92 Å². The first-order valence-electron chi connectivity index (χ1n) is 9.07. The molecule has 0 aromatic heterocycles. The van der Waals surface area contributed by atoms with Gasteiger partial charge in [-0.15, -0.1) is 12.4 Å². The molecule has 0 aromatic rings. The third-order valence-electron chi connectivity index (χ3n) is 4.70. The summed E-state index contributed by atoms with van der Waals surface area (Å²) in [6.07, 6.45) is 7.34. The maximum absolute atomic E-state index is 12.3. The number of nitrogens with two attached hydrogens (primary N) is 1. The zero-order valence-corrected chi connectivity index (χ0v) is 16.5. The van der Waals surface area contributed by atoms with Crippen LogP contribution >= 0.6 is 12.4 Å². The summed E-state index contributed by atoms with van der Waals surface area (Å²) in [5.74, 6) is 0.753. The number of carbonyl (C=O) groups excluding carboxylic acids is 2. The molecule has 0 saturated heterocycles. The summed E-state index contributed by atoms with van der Waals surface area (Å²) in [4.78, 5) is 24.5. The summed E-state index contributed by atoms with van der Waals surface area (Å²) in [7, 11) is 0. The van der Waals surface area contributed by atoms with Crippen molar-refractivity contribution in [2.45, 2.75) is 84.2 Å². The fourth-order valence-electron chi connectivity index (χ4n) is 3.51. The molecular weight excluding hydrogens is 326 g/mol. The second kappa shape index (κ2) is 10.9. The lowest BCUT2D eigenvalue weighted by Gasteiger charge is -2.32. The number of hydrogen-bond donors (Lipinski definition) is 3. The third-order valence-corrected chi connectivity index (χ3v) is 4.70. The van der Waals surface area contributed by atoms with Gasteiger partial charge >= 0.3 is 0 Å². The highest BCUT2D eigenvalue weighted by atomic mass is 35.5. The van der Waals surface area contributed by atoms with E-state index in [9.17, 15) is 9.59 Å². The molecule has 0 heterocycles. The van der Waals surface area contributed by atoms with E-state index in [0.717, 1.165) is 19.3 Å². The van der Waals surface area contributed by atoms with Crippen LogP contribution < -0.4 is 16.4 Å². The lowest BCUT2D eigenvalue weighted by Crippen LogP contribution is -2.57. The highest BCUT2D eigenvalue weighted by molar-refractivity contribution is 5.87. The molecule has 0 aliphatic heterocycles. The van der Waals surface area contributed by atoms with Crippen LogP contribution in [-0.2, 0) is 9.59 Å². The molecule has 2 amide bonds. The molecule has 5 nitrogen and oxygen atoms in total. The van der Waals surface area contributed by atoms with Crippen molar-refractivity contribution in [3.63, 3.8) is 0 Å². The predicted octanol–water partition coefficient (Wildman–Crippen LogP) is 2.76. The summed E-state index contributed by atoms with van der Waals surface area (Å²) >= 11 is 0. The first kappa shape index (κ1) is 23.2. The Balaban J connectivity index is 0.00000529. The van der Waals surface area contributed by atoms with Gasteiger partial charge in [0.1, 0.15) is 6.04 Å². The molecule has 6 heteroatoms. The number of rotatable bonds is 8. The molecule has 1 rings (SSSR count). The summed E-state index contributed by atoms with van der Waals surface area (Å²) in [6.45, 7) is 8.30. The normalized spacial score (nSPS) is 19.1. The monoisotopic (exact) mass is 361 g/mol. The van der Waals surface area contributed by atoms with Gasteiger partial charge in [-0.05, 0) is 44.9 Å². The number of nitrogens with one attached hydrogen (secondary N) is 2. The average molecular weight is 362 g/mol. The van der Waals surface area contributed by atoms with Crippen LogP contribution in [0.1, 0.15) is 72.6 Å². The molecule has 2 unspecified atom stereocenters. The minimum Gasteiger partial charge on any atom is -0.348 e. The number of halogens is 1. The van der Waals surface area contributed by atoms with Gasteiger partial charge in [0.05, 0.1) is 0 Å². The van der Waals surface area contributed by atoms with Crippen molar-refractivity contribution in [2.75, 3.05) is 6.54 Å². The van der Waals surface area contributed by atoms with Crippen molar-refractivity contribution in [3.8, 4) is 0 Å². The number of amides is 2. The molecule has 0 radical (unpaired) electrons. The predicted molar refractivity (Wildman–Crippen MR) is 101 cm³/mol. The third kappa shape index (κ3) is 8.34. The molecule has 0 spiro atoms. The molecule has 24 heavy (non-hydrogen) atoms. The van der Waals surface area contributed by atoms with Crippen molar-refractivity contribution < 1.29 is 9.59 Å². The Morgan fingerprint density at radius 1 is 1.17 bits per heavy atom. The summed E-state index contributed by atoms with van der Waals surface area (Å²) in [5.41, 5.74) is 5.40. The first-order valence-corrected chi connectivity index (χ1v) is 9.07. The average Bonchev–Trinajstić information content (AvgIpc) is 2.47. The van der Waals surface area contributed by atoms with E-state index in [0.29, 0.717) is 24.8 Å². The van der Waals surface area contributed by atoms with Crippen LogP contribution in [-0.4, -0.2) is 29.9 Å². The molecule has 142 valence electrons. The smallest absolute Gasteiger partial charge is 0.242 e. The van der Waals surface area contributed by atoms with Crippen molar-refractivity contribution in [2.24, 2.45) is 17.6 Å². The Kier molecular flexibility index (Phi) is 10.6. The zero-order chi connectivity index (χ0) is 17.5. The number of hydrogen-bond acceptors (Lipinski definition) is 3. The Morgan fingerprint density at radius 3 is 2.25 bits per heavy atom. The van der Waals surface area contributed by atoms with E-state index in [2.05, 4.69) is 24.5 Å². The lowest BCUT2D eigenvalue weighted by atomic mass is 9.87. The molecule has 0 aromatic carbocycles. The van der Waals surface area contributed by atoms with Crippen molar-refractivity contribution in [3.05, 3.63) is 0 Å². The Morgan fingerprint density at radius 2 is 1.75 bits per heavy atom. The van der Waals surface area contributed by atoms with Crippen LogP contribution in [0, 0.1) is 11.8 Å². The van der Waals surface area contributed by atoms with Gasteiger partial charge in [0.25, 0.3) is 0 Å². The SMILES string of the molecule is CC(C)CC(C)(CN)NC(=O)C(C)NC(=O)CC1CCCCC1.Cl. The van der Waals surface area contributed by atoms with Crippen LogP contribution in [0.15, 0.2) is 0 Å². The van der Waals surface area contributed by atoms with Crippen molar-refractivity contribution in [1.29, 1.82) is 0 Å². The fraction of sp³-hybridized carbons (Fsp3) is 0.889. The van der Waals surface area contributed by atoms with Gasteiger partial charge in [-0.1, -0.05) is 33.1 Å². The summed E-state index contributed by atoms with van der Waals surface area (Å²) in [5, 5.41) is 5.84. The van der Waals surface area contributed by atoms with Gasteiger partial charge in [-0.3, -0.25) is 9.59 Å². The summed E-state index contributed by atoms with van der Waals surface area (Å²) in [6, 6.07) is -0.524. The Hall–Kier alpha value is -0.810. The van der Waals surface area contributed by atoms with Crippen LogP contribution in [0.4, 0.5) is 0 Å². The Bertz CT molecular complexity index is 398. The van der Waals surface area contributed by atoms with E-state index in [1.807, 2.05) is 6.92 Å². The molecule has 0 bridgehead atoms. The maximum atomic E-state index is 12.3. The lowest BCUT2D eigenvalue weighted by molar-refractivity contribution is -0.130. The second-order valence-electron chi connectivity index (χ2n) is 7.85. The standard InChI is InChI=1S/C18H35N3O2.ClH/c1-13(2)11-18(4,12-19)21-17(23)14(3)20-16(22)10-15-8-6-5-7-9-15;/h13-15H,5-12,19H2,1-4H3,(H,20,22)(H,21,23);1H. The van der Waals surface area contributed by atoms with Crippen molar-refractivity contribution >= 4 is 24.2 Å². The van der Waals surface area contributed by atoms with Gasteiger partial charge in [0.15, 0.2) is 0 Å². The van der Waals surface area contributed by atoms with Crippen LogP contribution in [0.2, 0.25) is 0 Å². The zero-order valence-electron chi connectivity index (χ0n) is 15.7. The van der Waals surface area contributed by atoms with Crippen LogP contribution in [0.3, 0.4) is 0 Å². The molecule has 1 saturated carbocycles. The highest BCUT2D eigenvalue weighted by Crippen LogP contribution is 2.26. The minimum atomic E-state index is -0.524. The van der Waals surface area contributed by atoms with E-state index < -0.39 is 11.6 Å². The van der Waals surface area contributed by atoms with E-state index in [4.69, 9.17) is 5.73 Å². The van der Waals surface area contributed by atoms with E-state index >= 15 is 0 Å². The largest absolute Gasteiger partial charge is 0.348 e. The minimum absolute atomic E-state index is 0. The fourth-order valence-corrected chi connectivity index (χ4v) is 3.51. The van der Waals surface area contributed by atoms with Crippen LogP contribution in [0.5, 0.6) is 0 Å². The van der Waals surface area contributed by atoms with Gasteiger partial charge in [0, 0.05) is 18.5 Å². The maximum Gasteiger partial charge on any atom is 0.242 e. The molecular formula is C18H36ClN3O2. The Labute approximate surface area is 153 Å². The number of carbonyl (C=O) groups is 2. The topological polar surface area (TPSA) is 84.2 Å². The van der Waals surface area contributed by atoms with Crippen molar-refractivity contribution in [1.82, 2.24) is 10.6 Å². The molecule has 1 aliphatic rings. The second-order valence-corrected chi connectivity index (χ2v) is 7.85. The van der Waals surface area contributed by atoms with E-state index in [1.165, 1.54) is 19.3 Å². The van der Waals surface area contributed by atoms with Gasteiger partial charge < -0.3 is 16.4 Å². The molecule has 1 aliphatic carbocycles. The van der Waals surface area contributed by atoms with Gasteiger partial charge in [0.2, 0.25) is 11.8 Å².